The minimum atomic E-state index is -1.76. The monoisotopic (exact) mass is 276 g/mol. The van der Waals surface area contributed by atoms with Crippen LogP contribution in [0, 0.1) is 6.92 Å². The molecule has 0 radical (unpaired) electrons. The summed E-state index contributed by atoms with van der Waals surface area (Å²) in [6, 6.07) is 9.29. The van der Waals surface area contributed by atoms with E-state index >= 15 is 0 Å². The average Bonchev–Trinajstić information content (AvgIpc) is 2.41. The molecule has 0 aromatic heterocycles. The largest absolute Gasteiger partial charge is 0.508 e. The molecule has 0 bridgehead atoms. The third kappa shape index (κ3) is 2.66. The van der Waals surface area contributed by atoms with Gasteiger partial charge in [-0.05, 0) is 35.7 Å². The maximum absolute atomic E-state index is 9.73. The molecule has 0 spiro atoms. The van der Waals surface area contributed by atoms with Gasteiger partial charge in [-0.15, -0.1) is 0 Å². The van der Waals surface area contributed by atoms with Crippen molar-refractivity contribution in [3.05, 3.63) is 53.1 Å². The Labute approximate surface area is 116 Å². The van der Waals surface area contributed by atoms with Crippen molar-refractivity contribution >= 4 is 0 Å². The molecule has 106 valence electrons. The molecule has 5 N–H and O–H groups in total. The number of rotatable bonds is 3. The molecular formula is C15H16O5. The molecule has 0 heterocycles. The Morgan fingerprint density at radius 1 is 0.850 bits per heavy atom. The van der Waals surface area contributed by atoms with Gasteiger partial charge in [0.05, 0.1) is 0 Å². The van der Waals surface area contributed by atoms with Gasteiger partial charge in [0, 0.05) is 11.1 Å². The molecule has 0 amide bonds. The summed E-state index contributed by atoms with van der Waals surface area (Å²) in [4.78, 5) is 0. The molecule has 0 aliphatic heterocycles. The molecule has 0 aliphatic carbocycles. The van der Waals surface area contributed by atoms with Crippen LogP contribution in [0.1, 0.15) is 29.3 Å². The Morgan fingerprint density at radius 3 is 2.15 bits per heavy atom. The molecule has 2 aromatic carbocycles. The fraction of sp³-hybridized carbons (Fsp3) is 0.200. The highest BCUT2D eigenvalue weighted by molar-refractivity contribution is 5.73. The van der Waals surface area contributed by atoms with Gasteiger partial charge in [-0.25, -0.2) is 0 Å². The maximum Gasteiger partial charge on any atom is 0.179 e. The van der Waals surface area contributed by atoms with E-state index in [9.17, 15) is 15.3 Å². The summed E-state index contributed by atoms with van der Waals surface area (Å²) in [7, 11) is 0. The van der Waals surface area contributed by atoms with Crippen LogP contribution < -0.4 is 0 Å². The number of hydrogen-bond acceptors (Lipinski definition) is 5. The smallest absolute Gasteiger partial charge is 0.179 e. The van der Waals surface area contributed by atoms with Crippen molar-refractivity contribution in [1.82, 2.24) is 0 Å². The Hall–Kier alpha value is -1.92. The highest BCUT2D eigenvalue weighted by Crippen LogP contribution is 2.34. The van der Waals surface area contributed by atoms with Crippen LogP contribution in [-0.4, -0.2) is 25.5 Å². The first-order valence-corrected chi connectivity index (χ1v) is 6.07. The first-order valence-electron chi connectivity index (χ1n) is 6.07. The summed E-state index contributed by atoms with van der Waals surface area (Å²) in [6.07, 6.45) is -3.45. The van der Waals surface area contributed by atoms with Gasteiger partial charge < -0.3 is 25.5 Å². The van der Waals surface area contributed by atoms with Crippen LogP contribution in [0.2, 0.25) is 0 Å². The highest BCUT2D eigenvalue weighted by Gasteiger charge is 2.16. The minimum absolute atomic E-state index is 0.104. The van der Waals surface area contributed by atoms with Gasteiger partial charge in [0.25, 0.3) is 0 Å². The van der Waals surface area contributed by atoms with E-state index in [4.69, 9.17) is 10.2 Å². The second-order valence-corrected chi connectivity index (χ2v) is 4.54. The molecule has 0 unspecified atom stereocenters. The number of aliphatic hydroxyl groups is 4. The molecule has 0 aliphatic rings. The van der Waals surface area contributed by atoms with Crippen LogP contribution in [0.5, 0.6) is 5.75 Å². The van der Waals surface area contributed by atoms with Crippen molar-refractivity contribution in [3.8, 4) is 16.9 Å². The first-order chi connectivity index (χ1) is 9.41. The van der Waals surface area contributed by atoms with Crippen molar-refractivity contribution in [2.24, 2.45) is 0 Å². The summed E-state index contributed by atoms with van der Waals surface area (Å²) in [5.41, 5.74) is 2.07. The van der Waals surface area contributed by atoms with Crippen LogP contribution in [0.3, 0.4) is 0 Å². The second-order valence-electron chi connectivity index (χ2n) is 4.54. The minimum Gasteiger partial charge on any atom is -0.508 e. The van der Waals surface area contributed by atoms with Gasteiger partial charge in [-0.2, -0.15) is 0 Å². The molecule has 0 saturated carbocycles. The van der Waals surface area contributed by atoms with E-state index in [1.54, 1.807) is 31.2 Å². The second kappa shape index (κ2) is 5.60. The average molecular weight is 276 g/mol. The van der Waals surface area contributed by atoms with Crippen LogP contribution in [0.15, 0.2) is 36.4 Å². The molecule has 0 atom stereocenters. The van der Waals surface area contributed by atoms with E-state index < -0.39 is 12.6 Å². The van der Waals surface area contributed by atoms with Crippen molar-refractivity contribution in [3.63, 3.8) is 0 Å². The lowest BCUT2D eigenvalue weighted by molar-refractivity contribution is -0.0471. The topological polar surface area (TPSA) is 101 Å². The highest BCUT2D eigenvalue weighted by atomic mass is 16.5. The quantitative estimate of drug-likeness (QED) is 0.544. The molecule has 2 rings (SSSR count). The molecule has 5 nitrogen and oxygen atoms in total. The van der Waals surface area contributed by atoms with Crippen LogP contribution in [0.4, 0.5) is 0 Å². The van der Waals surface area contributed by atoms with E-state index in [-0.39, 0.29) is 16.9 Å². The van der Waals surface area contributed by atoms with Crippen molar-refractivity contribution < 1.29 is 25.5 Å². The number of benzene rings is 2. The number of phenols is 1. The van der Waals surface area contributed by atoms with E-state index in [2.05, 4.69) is 0 Å². The zero-order valence-corrected chi connectivity index (χ0v) is 10.9. The lowest BCUT2D eigenvalue weighted by Gasteiger charge is -2.16. The zero-order valence-electron chi connectivity index (χ0n) is 10.9. The van der Waals surface area contributed by atoms with Gasteiger partial charge in [0.1, 0.15) is 5.75 Å². The van der Waals surface area contributed by atoms with E-state index in [0.717, 1.165) is 0 Å². The standard InChI is InChI=1S/C15H16O5/c1-8-10(3-2-4-13(8)16)11-6-5-9(14(17)18)7-12(11)15(19)20/h2-7,14-20H,1H3. The van der Waals surface area contributed by atoms with Crippen LogP contribution in [-0.2, 0) is 0 Å². The van der Waals surface area contributed by atoms with Crippen LogP contribution in [0.25, 0.3) is 11.1 Å². The molecule has 5 heteroatoms. The number of phenolic OH excluding ortho intramolecular Hbond substituents is 1. The summed E-state index contributed by atoms with van der Waals surface area (Å²) in [6.45, 7) is 1.72. The Morgan fingerprint density at radius 2 is 1.55 bits per heavy atom. The summed E-state index contributed by atoms with van der Waals surface area (Å²) in [5, 5.41) is 46.9. The van der Waals surface area contributed by atoms with Gasteiger partial charge in [-0.3, -0.25) is 0 Å². The predicted octanol–water partition coefficient (Wildman–Crippen LogP) is 1.33. The van der Waals surface area contributed by atoms with Gasteiger partial charge in [0.2, 0.25) is 0 Å². The number of aliphatic hydroxyl groups excluding tert-OH is 2. The van der Waals surface area contributed by atoms with Gasteiger partial charge >= 0.3 is 0 Å². The molecule has 2 aromatic rings. The van der Waals surface area contributed by atoms with E-state index in [1.807, 2.05) is 0 Å². The van der Waals surface area contributed by atoms with E-state index in [0.29, 0.717) is 16.7 Å². The lowest BCUT2D eigenvalue weighted by Crippen LogP contribution is -2.03. The van der Waals surface area contributed by atoms with E-state index in [1.165, 1.54) is 12.1 Å². The first kappa shape index (κ1) is 14.5. The summed E-state index contributed by atoms with van der Waals surface area (Å²) < 4.78 is 0. The Kier molecular flexibility index (Phi) is 4.06. The van der Waals surface area contributed by atoms with Crippen molar-refractivity contribution in [2.75, 3.05) is 0 Å². The lowest BCUT2D eigenvalue weighted by atomic mass is 9.93. The van der Waals surface area contributed by atoms with Crippen molar-refractivity contribution in [1.29, 1.82) is 0 Å². The van der Waals surface area contributed by atoms with Gasteiger partial charge in [0.15, 0.2) is 12.6 Å². The number of aromatic hydroxyl groups is 1. The molecule has 20 heavy (non-hydrogen) atoms. The predicted molar refractivity (Wildman–Crippen MR) is 72.6 cm³/mol. The Bertz CT molecular complexity index is 620. The van der Waals surface area contributed by atoms with Gasteiger partial charge in [-0.1, -0.05) is 24.3 Å². The molecule has 0 fully saturated rings. The van der Waals surface area contributed by atoms with Crippen LogP contribution >= 0.6 is 0 Å². The zero-order chi connectivity index (χ0) is 14.9. The number of hydrogen-bond donors (Lipinski definition) is 5. The third-order valence-electron chi connectivity index (χ3n) is 3.25. The molecule has 0 saturated heterocycles. The van der Waals surface area contributed by atoms with Crippen molar-refractivity contribution in [2.45, 2.75) is 19.5 Å². The maximum atomic E-state index is 9.73. The normalized spacial score (nSPS) is 11.3. The molecular weight excluding hydrogens is 260 g/mol. The fourth-order valence-electron chi connectivity index (χ4n) is 2.12. The Balaban J connectivity index is 2.64. The SMILES string of the molecule is Cc1c(O)cccc1-c1ccc(C(O)O)cc1C(O)O. The summed E-state index contributed by atoms with van der Waals surface area (Å²) in [5.74, 6) is 0.104. The fourth-order valence-corrected chi connectivity index (χ4v) is 2.12. The third-order valence-corrected chi connectivity index (χ3v) is 3.25. The summed E-state index contributed by atoms with van der Waals surface area (Å²) >= 11 is 0.